The lowest BCUT2D eigenvalue weighted by atomic mass is 9.99. The van der Waals surface area contributed by atoms with Gasteiger partial charge in [0.25, 0.3) is 0 Å². The van der Waals surface area contributed by atoms with Gasteiger partial charge in [0, 0.05) is 41.6 Å². The third-order valence-corrected chi connectivity index (χ3v) is 5.18. The number of rotatable bonds is 3. The van der Waals surface area contributed by atoms with Crippen LogP contribution in [0.15, 0.2) is 29.6 Å². The van der Waals surface area contributed by atoms with E-state index in [2.05, 4.69) is 16.3 Å². The van der Waals surface area contributed by atoms with Gasteiger partial charge in [0.05, 0.1) is 6.04 Å². The minimum atomic E-state index is -0.181. The smallest absolute Gasteiger partial charge is 0.132 e. The fraction of sp³-hybridized carbons (Fsp3) is 0.375. The van der Waals surface area contributed by atoms with Crippen LogP contribution in [0.1, 0.15) is 22.0 Å². The number of nitrogens with one attached hydrogen (secondary N) is 1. The van der Waals surface area contributed by atoms with Crippen LogP contribution in [0.4, 0.5) is 4.39 Å². The van der Waals surface area contributed by atoms with Crippen molar-refractivity contribution in [2.24, 2.45) is 0 Å². The van der Waals surface area contributed by atoms with E-state index in [0.717, 1.165) is 31.1 Å². The summed E-state index contributed by atoms with van der Waals surface area (Å²) >= 11 is 8.01. The van der Waals surface area contributed by atoms with Crippen LogP contribution >= 0.6 is 47.8 Å². The molecule has 0 unspecified atom stereocenters. The molecule has 1 fully saturated rings. The molecule has 2 nitrogen and oxygen atoms in total. The van der Waals surface area contributed by atoms with E-state index in [4.69, 9.17) is 11.6 Å². The number of hydrogen-bond donors (Lipinski definition) is 1. The predicted octanol–water partition coefficient (Wildman–Crippen LogP) is 4.69. The third kappa shape index (κ3) is 4.38. The van der Waals surface area contributed by atoms with Gasteiger partial charge in [0.2, 0.25) is 0 Å². The van der Waals surface area contributed by atoms with Crippen LogP contribution in [0.25, 0.3) is 0 Å². The zero-order valence-corrected chi connectivity index (χ0v) is 15.9. The molecule has 2 aromatic rings. The van der Waals surface area contributed by atoms with E-state index in [1.54, 1.807) is 30.4 Å². The first-order chi connectivity index (χ1) is 10.2. The van der Waals surface area contributed by atoms with Crippen LogP contribution < -0.4 is 5.32 Å². The van der Waals surface area contributed by atoms with Crippen LogP contribution in [0, 0.1) is 12.7 Å². The molecule has 1 aromatic carbocycles. The van der Waals surface area contributed by atoms with Gasteiger partial charge in [-0.05, 0) is 30.0 Å². The molecule has 1 saturated heterocycles. The van der Waals surface area contributed by atoms with Gasteiger partial charge in [0.1, 0.15) is 5.82 Å². The van der Waals surface area contributed by atoms with Crippen molar-refractivity contribution in [1.82, 2.24) is 10.2 Å². The monoisotopic (exact) mass is 396 g/mol. The average Bonchev–Trinajstić information content (AvgIpc) is 3.02. The largest absolute Gasteiger partial charge is 0.314 e. The molecule has 1 aliphatic rings. The van der Waals surface area contributed by atoms with Crippen molar-refractivity contribution >= 4 is 47.8 Å². The van der Waals surface area contributed by atoms with Crippen LogP contribution in [0.3, 0.4) is 0 Å². The maximum absolute atomic E-state index is 14.7. The molecule has 7 heteroatoms. The van der Waals surface area contributed by atoms with E-state index in [0.29, 0.717) is 16.1 Å². The van der Waals surface area contributed by atoms with Gasteiger partial charge in [0.15, 0.2) is 0 Å². The third-order valence-electron chi connectivity index (χ3n) is 3.92. The molecular weight excluding hydrogens is 378 g/mol. The fourth-order valence-electron chi connectivity index (χ4n) is 2.82. The summed E-state index contributed by atoms with van der Waals surface area (Å²) in [5, 5.41) is 5.89. The zero-order chi connectivity index (χ0) is 14.8. The molecule has 1 aliphatic heterocycles. The Morgan fingerprint density at radius 2 is 1.91 bits per heavy atom. The predicted molar refractivity (Wildman–Crippen MR) is 101 cm³/mol. The highest BCUT2D eigenvalue weighted by Gasteiger charge is 2.29. The Hall–Kier alpha value is -0.360. The Kier molecular flexibility index (Phi) is 8.28. The molecule has 0 spiro atoms. The van der Waals surface area contributed by atoms with Crippen LogP contribution in [-0.2, 0) is 0 Å². The Balaban J connectivity index is 0.00000132. The van der Waals surface area contributed by atoms with Crippen molar-refractivity contribution in [3.05, 3.63) is 56.5 Å². The lowest BCUT2D eigenvalue weighted by molar-refractivity contribution is 0.197. The van der Waals surface area contributed by atoms with Crippen molar-refractivity contribution in [1.29, 1.82) is 0 Å². The van der Waals surface area contributed by atoms with Crippen molar-refractivity contribution in [2.75, 3.05) is 26.2 Å². The summed E-state index contributed by atoms with van der Waals surface area (Å²) in [7, 11) is 0. The molecule has 23 heavy (non-hydrogen) atoms. The van der Waals surface area contributed by atoms with Gasteiger partial charge in [-0.15, -0.1) is 36.2 Å². The Morgan fingerprint density at radius 1 is 1.22 bits per heavy atom. The Bertz CT molecular complexity index is 616. The van der Waals surface area contributed by atoms with Gasteiger partial charge in [-0.25, -0.2) is 4.39 Å². The zero-order valence-electron chi connectivity index (χ0n) is 12.7. The number of benzene rings is 1. The molecule has 0 aliphatic carbocycles. The number of halogens is 4. The van der Waals surface area contributed by atoms with Crippen molar-refractivity contribution < 1.29 is 4.39 Å². The van der Waals surface area contributed by atoms with Crippen LogP contribution in [0.5, 0.6) is 0 Å². The van der Waals surface area contributed by atoms with E-state index in [1.165, 1.54) is 0 Å². The number of nitrogens with zero attached hydrogens (tertiary/aromatic N) is 1. The lowest BCUT2D eigenvalue weighted by Crippen LogP contribution is -2.45. The average molecular weight is 398 g/mol. The number of piperazine rings is 1. The first kappa shape index (κ1) is 20.7. The fourth-order valence-corrected chi connectivity index (χ4v) is 3.94. The minimum Gasteiger partial charge on any atom is -0.314 e. The molecule has 128 valence electrons. The topological polar surface area (TPSA) is 15.3 Å². The summed E-state index contributed by atoms with van der Waals surface area (Å²) in [5.74, 6) is -0.181. The second kappa shape index (κ2) is 9.21. The maximum atomic E-state index is 14.7. The van der Waals surface area contributed by atoms with E-state index in [9.17, 15) is 4.39 Å². The highest BCUT2D eigenvalue weighted by atomic mass is 35.5. The summed E-state index contributed by atoms with van der Waals surface area (Å²) in [6.45, 7) is 5.43. The SMILES string of the molecule is Cc1ccc(Cl)c([C@H](c2cccs2)N2CCNCC2)c1F.Cl.Cl. The normalized spacial score (nSPS) is 16.3. The first-order valence-corrected chi connectivity index (χ1v) is 8.37. The second-order valence-corrected chi connectivity index (χ2v) is 6.68. The highest BCUT2D eigenvalue weighted by Crippen LogP contribution is 2.38. The lowest BCUT2D eigenvalue weighted by Gasteiger charge is -2.35. The molecule has 1 atom stereocenters. The standard InChI is InChI=1S/C16H18ClFN2S.2ClH/c1-11-4-5-12(17)14(15(11)18)16(13-3-2-10-21-13)20-8-6-19-7-9-20;;/h2-5,10,16,19H,6-9H2,1H3;2*1H/t16-;;/m0../s1. The summed E-state index contributed by atoms with van der Waals surface area (Å²) in [6, 6.07) is 7.52. The molecule has 3 rings (SSSR count). The van der Waals surface area contributed by atoms with Gasteiger partial charge in [-0.2, -0.15) is 0 Å². The van der Waals surface area contributed by atoms with Crippen molar-refractivity contribution in [3.8, 4) is 0 Å². The number of hydrogen-bond acceptors (Lipinski definition) is 3. The quantitative estimate of drug-likeness (QED) is 0.808. The molecular formula is C16H20Cl3FN2S. The number of thiophene rings is 1. The van der Waals surface area contributed by atoms with E-state index in [1.807, 2.05) is 11.4 Å². The second-order valence-electron chi connectivity index (χ2n) is 5.30. The summed E-state index contributed by atoms with van der Waals surface area (Å²) < 4.78 is 14.7. The maximum Gasteiger partial charge on any atom is 0.132 e. The minimum absolute atomic E-state index is 0. The summed E-state index contributed by atoms with van der Waals surface area (Å²) in [6.07, 6.45) is 0. The molecule has 0 radical (unpaired) electrons. The van der Waals surface area contributed by atoms with Gasteiger partial charge in [-0.1, -0.05) is 23.7 Å². The molecule has 1 aromatic heterocycles. The van der Waals surface area contributed by atoms with Gasteiger partial charge < -0.3 is 5.32 Å². The van der Waals surface area contributed by atoms with Crippen LogP contribution in [-0.4, -0.2) is 31.1 Å². The van der Waals surface area contributed by atoms with Crippen LogP contribution in [0.2, 0.25) is 5.02 Å². The summed E-state index contributed by atoms with van der Waals surface area (Å²) in [5.41, 5.74) is 1.26. The van der Waals surface area contributed by atoms with Gasteiger partial charge in [-0.3, -0.25) is 4.90 Å². The van der Waals surface area contributed by atoms with E-state index < -0.39 is 0 Å². The number of aryl methyl sites for hydroxylation is 1. The first-order valence-electron chi connectivity index (χ1n) is 7.11. The Morgan fingerprint density at radius 3 is 2.52 bits per heavy atom. The Labute approximate surface area is 157 Å². The van der Waals surface area contributed by atoms with E-state index in [-0.39, 0.29) is 36.7 Å². The van der Waals surface area contributed by atoms with Crippen molar-refractivity contribution in [2.45, 2.75) is 13.0 Å². The van der Waals surface area contributed by atoms with Crippen molar-refractivity contribution in [3.63, 3.8) is 0 Å². The van der Waals surface area contributed by atoms with E-state index >= 15 is 0 Å². The molecule has 1 N–H and O–H groups in total. The molecule has 0 amide bonds. The molecule has 0 bridgehead atoms. The summed E-state index contributed by atoms with van der Waals surface area (Å²) in [4.78, 5) is 3.45. The molecule has 0 saturated carbocycles. The van der Waals surface area contributed by atoms with Gasteiger partial charge >= 0.3 is 0 Å². The highest BCUT2D eigenvalue weighted by molar-refractivity contribution is 7.10. The molecule has 2 heterocycles.